The smallest absolute Gasteiger partial charge is 0.135 e. The molecule has 0 radical (unpaired) electrons. The molecule has 2 heteroatoms. The summed E-state index contributed by atoms with van der Waals surface area (Å²) in [5.74, 6) is 1.83. The van der Waals surface area contributed by atoms with Crippen molar-refractivity contribution in [1.82, 2.24) is 4.57 Å². The number of rotatable bonds is 2. The highest BCUT2D eigenvalue weighted by molar-refractivity contribution is 6.24. The number of ether oxygens (including phenoxy) is 1. The summed E-state index contributed by atoms with van der Waals surface area (Å²) in [7, 11) is 0. The van der Waals surface area contributed by atoms with Crippen molar-refractivity contribution in [3.8, 4) is 39.4 Å². The molecule has 0 saturated carbocycles. The zero-order chi connectivity index (χ0) is 26.2. The summed E-state index contributed by atoms with van der Waals surface area (Å²) in [4.78, 5) is 0. The van der Waals surface area contributed by atoms with E-state index in [2.05, 4.69) is 144 Å². The van der Waals surface area contributed by atoms with Crippen molar-refractivity contribution in [1.29, 1.82) is 0 Å². The minimum absolute atomic E-state index is 0.902. The molecule has 7 aromatic carbocycles. The van der Waals surface area contributed by atoms with Crippen LogP contribution in [-0.4, -0.2) is 4.57 Å². The van der Waals surface area contributed by atoms with E-state index in [4.69, 9.17) is 4.74 Å². The van der Waals surface area contributed by atoms with Crippen LogP contribution in [-0.2, 0) is 0 Å². The molecule has 0 bridgehead atoms. The third-order valence-electron chi connectivity index (χ3n) is 8.34. The molecule has 8 aromatic rings. The van der Waals surface area contributed by atoms with Gasteiger partial charge in [0, 0.05) is 32.8 Å². The summed E-state index contributed by atoms with van der Waals surface area (Å²) < 4.78 is 8.85. The number of aromatic nitrogens is 1. The molecule has 0 amide bonds. The highest BCUT2D eigenvalue weighted by Gasteiger charge is 2.23. The normalized spacial score (nSPS) is 12.2. The summed E-state index contributed by atoms with van der Waals surface area (Å²) in [6.45, 7) is 0. The lowest BCUT2D eigenvalue weighted by Crippen LogP contribution is -1.97. The average molecular weight is 510 g/mol. The Kier molecular flexibility index (Phi) is 4.36. The van der Waals surface area contributed by atoms with E-state index in [1.165, 1.54) is 60.0 Å². The highest BCUT2D eigenvalue weighted by atomic mass is 16.5. The largest absolute Gasteiger partial charge is 0.456 e. The van der Waals surface area contributed by atoms with E-state index in [1.54, 1.807) is 0 Å². The summed E-state index contributed by atoms with van der Waals surface area (Å²) in [5, 5.41) is 7.38. The lowest BCUT2D eigenvalue weighted by atomic mass is 9.90. The van der Waals surface area contributed by atoms with Crippen molar-refractivity contribution < 1.29 is 4.74 Å². The van der Waals surface area contributed by atoms with Crippen molar-refractivity contribution >= 4 is 43.4 Å². The lowest BCUT2D eigenvalue weighted by molar-refractivity contribution is 0.487. The van der Waals surface area contributed by atoms with Gasteiger partial charge in [0.2, 0.25) is 0 Å². The summed E-state index contributed by atoms with van der Waals surface area (Å²) in [6.07, 6.45) is 0. The van der Waals surface area contributed by atoms with Crippen LogP contribution in [0.3, 0.4) is 0 Å². The van der Waals surface area contributed by atoms with Gasteiger partial charge in [-0.2, -0.15) is 0 Å². The number of benzene rings is 7. The van der Waals surface area contributed by atoms with Crippen LogP contribution >= 0.6 is 0 Å². The fourth-order valence-corrected chi connectivity index (χ4v) is 6.64. The second-order valence-electron chi connectivity index (χ2n) is 10.5. The van der Waals surface area contributed by atoms with E-state index in [1.807, 2.05) is 0 Å². The van der Waals surface area contributed by atoms with E-state index in [-0.39, 0.29) is 0 Å². The highest BCUT2D eigenvalue weighted by Crippen LogP contribution is 2.49. The summed E-state index contributed by atoms with van der Waals surface area (Å²) >= 11 is 0. The molecule has 9 rings (SSSR count). The van der Waals surface area contributed by atoms with Gasteiger partial charge in [-0.1, -0.05) is 97.1 Å². The van der Waals surface area contributed by atoms with Crippen LogP contribution in [0, 0.1) is 0 Å². The van der Waals surface area contributed by atoms with E-state index >= 15 is 0 Å². The van der Waals surface area contributed by atoms with E-state index in [0.717, 1.165) is 22.7 Å². The molecule has 40 heavy (non-hydrogen) atoms. The van der Waals surface area contributed by atoms with Crippen molar-refractivity contribution in [3.05, 3.63) is 140 Å². The molecule has 1 aliphatic heterocycles. The van der Waals surface area contributed by atoms with Crippen LogP contribution in [0.25, 0.3) is 71.3 Å². The Labute approximate surface area is 231 Å². The minimum Gasteiger partial charge on any atom is -0.456 e. The minimum atomic E-state index is 0.902. The number of fused-ring (bicyclic) bond motifs is 7. The summed E-state index contributed by atoms with van der Waals surface area (Å²) in [5.41, 5.74) is 8.38. The van der Waals surface area contributed by atoms with Crippen LogP contribution < -0.4 is 4.74 Å². The van der Waals surface area contributed by atoms with E-state index in [9.17, 15) is 0 Å². The van der Waals surface area contributed by atoms with Gasteiger partial charge >= 0.3 is 0 Å². The Morgan fingerprint density at radius 3 is 2.10 bits per heavy atom. The third kappa shape index (κ3) is 2.93. The molecule has 2 heterocycles. The van der Waals surface area contributed by atoms with Crippen LogP contribution in [0.2, 0.25) is 0 Å². The zero-order valence-corrected chi connectivity index (χ0v) is 21.6. The maximum Gasteiger partial charge on any atom is 0.135 e. The van der Waals surface area contributed by atoms with Gasteiger partial charge in [-0.15, -0.1) is 0 Å². The molecule has 0 aliphatic carbocycles. The first-order chi connectivity index (χ1) is 19.8. The van der Waals surface area contributed by atoms with Crippen LogP contribution in [0.1, 0.15) is 0 Å². The number of hydrogen-bond acceptors (Lipinski definition) is 1. The first-order valence-electron chi connectivity index (χ1n) is 13.7. The van der Waals surface area contributed by atoms with Crippen molar-refractivity contribution in [2.45, 2.75) is 0 Å². The van der Waals surface area contributed by atoms with E-state index < -0.39 is 0 Å². The van der Waals surface area contributed by atoms with Crippen LogP contribution in [0.5, 0.6) is 11.5 Å². The molecule has 0 fully saturated rings. The SMILES string of the molecule is c1ccc(-n2c3ccccc3c3c(-c4ccc5c(c4)-c4cccc6cccc(c46)O5)cc4ccccc4c32)cc1. The Bertz CT molecular complexity index is 2290. The van der Waals surface area contributed by atoms with E-state index in [0.29, 0.717) is 0 Å². The van der Waals surface area contributed by atoms with Gasteiger partial charge in [0.1, 0.15) is 11.5 Å². The summed E-state index contributed by atoms with van der Waals surface area (Å²) in [6, 6.07) is 50.1. The first-order valence-corrected chi connectivity index (χ1v) is 13.7. The Morgan fingerprint density at radius 2 is 1.20 bits per heavy atom. The predicted octanol–water partition coefficient (Wildman–Crippen LogP) is 10.5. The maximum atomic E-state index is 6.43. The number of para-hydroxylation sites is 2. The van der Waals surface area contributed by atoms with Crippen molar-refractivity contribution in [2.75, 3.05) is 0 Å². The van der Waals surface area contributed by atoms with Gasteiger partial charge in [0.15, 0.2) is 0 Å². The second kappa shape index (κ2) is 8.08. The molecule has 0 unspecified atom stereocenters. The molecule has 186 valence electrons. The van der Waals surface area contributed by atoms with Gasteiger partial charge in [0.05, 0.1) is 11.0 Å². The zero-order valence-electron chi connectivity index (χ0n) is 21.6. The molecule has 0 N–H and O–H groups in total. The molecule has 0 saturated heterocycles. The third-order valence-corrected chi connectivity index (χ3v) is 8.34. The van der Waals surface area contributed by atoms with Crippen molar-refractivity contribution in [2.24, 2.45) is 0 Å². The Hall–Kier alpha value is -5.34. The van der Waals surface area contributed by atoms with Crippen molar-refractivity contribution in [3.63, 3.8) is 0 Å². The van der Waals surface area contributed by atoms with Gasteiger partial charge in [-0.25, -0.2) is 0 Å². The van der Waals surface area contributed by atoms with Crippen LogP contribution in [0.4, 0.5) is 0 Å². The first kappa shape index (κ1) is 21.6. The van der Waals surface area contributed by atoms with Gasteiger partial charge < -0.3 is 9.30 Å². The van der Waals surface area contributed by atoms with Gasteiger partial charge in [-0.3, -0.25) is 0 Å². The van der Waals surface area contributed by atoms with Gasteiger partial charge in [0.25, 0.3) is 0 Å². The molecule has 0 spiro atoms. The maximum absolute atomic E-state index is 6.43. The molecular weight excluding hydrogens is 486 g/mol. The second-order valence-corrected chi connectivity index (χ2v) is 10.5. The topological polar surface area (TPSA) is 14.2 Å². The number of nitrogens with zero attached hydrogens (tertiary/aromatic N) is 1. The average Bonchev–Trinajstić information content (AvgIpc) is 3.37. The fraction of sp³-hybridized carbons (Fsp3) is 0. The molecule has 2 nitrogen and oxygen atoms in total. The van der Waals surface area contributed by atoms with Gasteiger partial charge in [-0.05, 0) is 69.9 Å². The predicted molar refractivity (Wildman–Crippen MR) is 167 cm³/mol. The fourth-order valence-electron chi connectivity index (χ4n) is 6.64. The quantitative estimate of drug-likeness (QED) is 0.226. The monoisotopic (exact) mass is 509 g/mol. The molecule has 1 aliphatic rings. The Balaban J connectivity index is 1.41. The Morgan fingerprint density at radius 1 is 0.450 bits per heavy atom. The molecular formula is C38H23NO. The molecule has 1 aromatic heterocycles. The molecule has 0 atom stereocenters. The lowest BCUT2D eigenvalue weighted by Gasteiger charge is -2.22. The number of hydrogen-bond donors (Lipinski definition) is 0. The van der Waals surface area contributed by atoms with Crippen LogP contribution in [0.15, 0.2) is 140 Å². The standard InChI is InChI=1S/C38H23NO/c1-2-13-27(14-3-1)39-33-18-7-6-16-30(33)37-31(22-25-10-4-5-15-28(25)38(37)39)26-20-21-34-32(23-26)29-17-8-11-24-12-9-19-35(40-34)36(24)29/h1-23H.